The molecule has 1 saturated heterocycles. The van der Waals surface area contributed by atoms with Crippen molar-refractivity contribution in [2.75, 3.05) is 26.2 Å². The van der Waals surface area contributed by atoms with Crippen molar-refractivity contribution in [3.05, 3.63) is 35.9 Å². The largest absolute Gasteiger partial charge is 0.511 e. The molecule has 0 saturated carbocycles. The number of nitrogens with two attached hydrogens (primary N) is 1. The van der Waals surface area contributed by atoms with Crippen molar-refractivity contribution in [1.82, 2.24) is 9.62 Å². The summed E-state index contributed by atoms with van der Waals surface area (Å²) in [7, 11) is -5.33. The van der Waals surface area contributed by atoms with Crippen LogP contribution in [0.25, 0.3) is 0 Å². The molecule has 1 aromatic rings. The summed E-state index contributed by atoms with van der Waals surface area (Å²) in [6.07, 6.45) is 1.10. The summed E-state index contributed by atoms with van der Waals surface area (Å²) in [4.78, 5) is 2.20. The highest BCUT2D eigenvalue weighted by Gasteiger charge is 2.47. The molecular formula is C15H22F3N3O2S. The lowest BCUT2D eigenvalue weighted by atomic mass is 9.78. The van der Waals surface area contributed by atoms with Crippen LogP contribution in [0.3, 0.4) is 0 Å². The van der Waals surface area contributed by atoms with E-state index in [1.807, 2.05) is 30.3 Å². The smallest absolute Gasteiger partial charge is 0.330 e. The summed E-state index contributed by atoms with van der Waals surface area (Å²) >= 11 is 0. The standard InChI is InChI=1S/C15H22F3N3O2S/c16-15(17,18)24(22,23)20-12-14(11-19)6-8-21(9-7-14)10-13-4-2-1-3-5-13/h1-5,20H,6-12,19H2. The Morgan fingerprint density at radius 2 is 1.75 bits per heavy atom. The number of benzene rings is 1. The molecule has 0 aromatic heterocycles. The Hall–Kier alpha value is -1.16. The van der Waals surface area contributed by atoms with Crippen molar-refractivity contribution in [2.45, 2.75) is 24.9 Å². The summed E-state index contributed by atoms with van der Waals surface area (Å²) < 4.78 is 61.3. The van der Waals surface area contributed by atoms with Gasteiger partial charge in [-0.1, -0.05) is 30.3 Å². The van der Waals surface area contributed by atoms with Gasteiger partial charge in [0.2, 0.25) is 0 Å². The van der Waals surface area contributed by atoms with Crippen molar-refractivity contribution < 1.29 is 21.6 Å². The van der Waals surface area contributed by atoms with E-state index in [0.717, 1.165) is 12.1 Å². The normalized spacial score (nSPS) is 19.3. The van der Waals surface area contributed by atoms with Crippen LogP contribution in [0.15, 0.2) is 30.3 Å². The topological polar surface area (TPSA) is 75.4 Å². The average Bonchev–Trinajstić information content (AvgIpc) is 2.55. The molecule has 3 N–H and O–H groups in total. The molecule has 0 unspecified atom stereocenters. The molecule has 136 valence electrons. The average molecular weight is 365 g/mol. The van der Waals surface area contributed by atoms with Gasteiger partial charge in [0.05, 0.1) is 0 Å². The van der Waals surface area contributed by atoms with E-state index in [0.29, 0.717) is 25.9 Å². The van der Waals surface area contributed by atoms with Crippen LogP contribution in [0.2, 0.25) is 0 Å². The fourth-order valence-corrected chi connectivity index (χ4v) is 3.47. The van der Waals surface area contributed by atoms with Gasteiger partial charge < -0.3 is 5.73 Å². The van der Waals surface area contributed by atoms with E-state index in [2.05, 4.69) is 4.90 Å². The first-order valence-electron chi connectivity index (χ1n) is 7.70. The monoisotopic (exact) mass is 365 g/mol. The molecule has 0 amide bonds. The van der Waals surface area contributed by atoms with Crippen molar-refractivity contribution >= 4 is 10.0 Å². The van der Waals surface area contributed by atoms with Crippen LogP contribution in [-0.2, 0) is 16.6 Å². The maximum absolute atomic E-state index is 12.4. The Morgan fingerprint density at radius 3 is 2.25 bits per heavy atom. The van der Waals surface area contributed by atoms with Crippen LogP contribution in [-0.4, -0.2) is 45.0 Å². The fraction of sp³-hybridized carbons (Fsp3) is 0.600. The lowest BCUT2D eigenvalue weighted by molar-refractivity contribution is -0.0451. The van der Waals surface area contributed by atoms with Gasteiger partial charge >= 0.3 is 15.5 Å². The number of likely N-dealkylation sites (tertiary alicyclic amines) is 1. The second-order valence-corrected chi connectivity index (χ2v) is 7.99. The third-order valence-electron chi connectivity index (χ3n) is 4.54. The van der Waals surface area contributed by atoms with Gasteiger partial charge in [-0.05, 0) is 43.5 Å². The van der Waals surface area contributed by atoms with E-state index in [4.69, 9.17) is 5.73 Å². The predicted octanol–water partition coefficient (Wildman–Crippen LogP) is 1.67. The van der Waals surface area contributed by atoms with E-state index in [1.165, 1.54) is 0 Å². The minimum atomic E-state index is -5.33. The van der Waals surface area contributed by atoms with Crippen molar-refractivity contribution in [1.29, 1.82) is 0 Å². The van der Waals surface area contributed by atoms with Crippen LogP contribution in [0.4, 0.5) is 13.2 Å². The van der Waals surface area contributed by atoms with Crippen LogP contribution >= 0.6 is 0 Å². The quantitative estimate of drug-likeness (QED) is 0.804. The number of piperidine rings is 1. The second-order valence-electron chi connectivity index (χ2n) is 6.24. The predicted molar refractivity (Wildman–Crippen MR) is 85.4 cm³/mol. The van der Waals surface area contributed by atoms with Crippen LogP contribution in [0, 0.1) is 5.41 Å². The number of alkyl halides is 3. The van der Waals surface area contributed by atoms with Gasteiger partial charge in [0, 0.05) is 13.1 Å². The molecule has 1 fully saturated rings. The summed E-state index contributed by atoms with van der Waals surface area (Å²) in [6.45, 7) is 1.95. The molecule has 0 spiro atoms. The number of halogens is 3. The van der Waals surface area contributed by atoms with Crippen LogP contribution < -0.4 is 10.5 Å². The highest BCUT2D eigenvalue weighted by Crippen LogP contribution is 2.31. The van der Waals surface area contributed by atoms with Gasteiger partial charge in [-0.2, -0.15) is 13.2 Å². The third-order valence-corrected chi connectivity index (χ3v) is 5.67. The number of nitrogens with zero attached hydrogens (tertiary/aromatic N) is 1. The summed E-state index contributed by atoms with van der Waals surface area (Å²) in [5.41, 5.74) is 0.974. The van der Waals surface area contributed by atoms with Gasteiger partial charge in [-0.25, -0.2) is 13.1 Å². The molecule has 0 radical (unpaired) electrons. The third kappa shape index (κ3) is 4.69. The highest BCUT2D eigenvalue weighted by molar-refractivity contribution is 7.90. The molecule has 0 atom stereocenters. The number of hydrogen-bond acceptors (Lipinski definition) is 4. The molecule has 9 heteroatoms. The molecule has 1 heterocycles. The summed E-state index contributed by atoms with van der Waals surface area (Å²) in [6, 6.07) is 9.88. The Morgan fingerprint density at radius 1 is 1.17 bits per heavy atom. The van der Waals surface area contributed by atoms with Gasteiger partial charge in [0.15, 0.2) is 0 Å². The van der Waals surface area contributed by atoms with Gasteiger partial charge in [0.25, 0.3) is 0 Å². The molecule has 2 rings (SSSR count). The van der Waals surface area contributed by atoms with Crippen molar-refractivity contribution in [2.24, 2.45) is 11.1 Å². The summed E-state index contributed by atoms with van der Waals surface area (Å²) in [5.74, 6) is 0. The number of nitrogens with one attached hydrogen (secondary N) is 1. The fourth-order valence-electron chi connectivity index (χ4n) is 2.81. The zero-order valence-electron chi connectivity index (χ0n) is 13.2. The Balaban J connectivity index is 1.92. The first-order valence-corrected chi connectivity index (χ1v) is 9.18. The number of sulfonamides is 1. The van der Waals surface area contributed by atoms with Crippen LogP contribution in [0.5, 0.6) is 0 Å². The Labute approximate surface area is 140 Å². The molecule has 24 heavy (non-hydrogen) atoms. The summed E-state index contributed by atoms with van der Waals surface area (Å²) in [5, 5.41) is 0. The van der Waals surface area contributed by atoms with E-state index in [1.54, 1.807) is 4.72 Å². The van der Waals surface area contributed by atoms with Gasteiger partial charge in [-0.3, -0.25) is 4.90 Å². The van der Waals surface area contributed by atoms with Crippen molar-refractivity contribution in [3.8, 4) is 0 Å². The van der Waals surface area contributed by atoms with E-state index in [9.17, 15) is 21.6 Å². The first-order chi connectivity index (χ1) is 11.2. The lowest BCUT2D eigenvalue weighted by Crippen LogP contribution is -2.51. The minimum absolute atomic E-state index is 0.145. The van der Waals surface area contributed by atoms with Crippen molar-refractivity contribution in [3.63, 3.8) is 0 Å². The van der Waals surface area contributed by atoms with E-state index < -0.39 is 20.9 Å². The number of rotatable bonds is 6. The SMILES string of the molecule is NCC1(CNS(=O)(=O)C(F)(F)F)CCN(Cc2ccccc2)CC1. The molecule has 0 bridgehead atoms. The van der Waals surface area contributed by atoms with E-state index >= 15 is 0 Å². The van der Waals surface area contributed by atoms with Gasteiger partial charge in [0.1, 0.15) is 0 Å². The van der Waals surface area contributed by atoms with E-state index in [-0.39, 0.29) is 13.1 Å². The minimum Gasteiger partial charge on any atom is -0.330 e. The lowest BCUT2D eigenvalue weighted by Gasteiger charge is -2.41. The molecule has 0 aliphatic carbocycles. The molecular weight excluding hydrogens is 343 g/mol. The number of hydrogen-bond donors (Lipinski definition) is 2. The first kappa shape index (κ1) is 19.2. The van der Waals surface area contributed by atoms with Crippen LogP contribution in [0.1, 0.15) is 18.4 Å². The molecule has 1 aromatic carbocycles. The highest BCUT2D eigenvalue weighted by atomic mass is 32.2. The maximum Gasteiger partial charge on any atom is 0.511 e. The molecule has 1 aliphatic rings. The zero-order valence-corrected chi connectivity index (χ0v) is 14.0. The zero-order chi connectivity index (χ0) is 17.8. The van der Waals surface area contributed by atoms with Gasteiger partial charge in [-0.15, -0.1) is 0 Å². The maximum atomic E-state index is 12.4. The molecule has 1 aliphatic heterocycles. The second kappa shape index (κ2) is 7.38. The Bertz CT molecular complexity index is 627. The molecule has 5 nitrogen and oxygen atoms in total. The Kier molecular flexibility index (Phi) is 5.90.